The molecule has 8 nitrogen and oxygen atoms in total. The molecule has 0 saturated heterocycles. The van der Waals surface area contributed by atoms with E-state index >= 15 is 0 Å². The molecule has 2 amide bonds. The molecule has 0 fully saturated rings. The molecular weight excluding hydrogens is 480 g/mol. The standard InChI is InChI=1S/C30H34N4O4/c1-21(2)19-37-27-13-9-25(10-14-27)29(35)33-31-17-23-5-7-24(8-6-23)18-32-34-30(36)26-11-15-28(16-12-26)38-20-22(3)4/h5-18,21-22H,19-20H2,1-4H3,(H,33,35)(H,34,36). The maximum atomic E-state index is 12.3. The van der Waals surface area contributed by atoms with Crippen molar-refractivity contribution in [2.24, 2.45) is 22.0 Å². The van der Waals surface area contributed by atoms with Crippen LogP contribution in [0.4, 0.5) is 0 Å². The topological polar surface area (TPSA) is 101 Å². The summed E-state index contributed by atoms with van der Waals surface area (Å²) in [6.45, 7) is 9.55. The zero-order valence-corrected chi connectivity index (χ0v) is 22.2. The van der Waals surface area contributed by atoms with E-state index in [4.69, 9.17) is 9.47 Å². The molecule has 3 rings (SSSR count). The number of nitrogens with zero attached hydrogens (tertiary/aromatic N) is 2. The fraction of sp³-hybridized carbons (Fsp3) is 0.267. The quantitative estimate of drug-likeness (QED) is 0.253. The number of hydrogen-bond acceptors (Lipinski definition) is 6. The third kappa shape index (κ3) is 9.54. The molecule has 0 aliphatic rings. The number of carbonyl (C=O) groups is 2. The van der Waals surface area contributed by atoms with Gasteiger partial charge in [0.15, 0.2) is 0 Å². The van der Waals surface area contributed by atoms with Gasteiger partial charge in [0.25, 0.3) is 11.8 Å². The maximum absolute atomic E-state index is 12.3. The first-order valence-corrected chi connectivity index (χ1v) is 12.5. The molecule has 3 aromatic rings. The van der Waals surface area contributed by atoms with Gasteiger partial charge >= 0.3 is 0 Å². The maximum Gasteiger partial charge on any atom is 0.271 e. The van der Waals surface area contributed by atoms with E-state index in [1.165, 1.54) is 0 Å². The summed E-state index contributed by atoms with van der Waals surface area (Å²) in [6.07, 6.45) is 3.10. The van der Waals surface area contributed by atoms with Crippen LogP contribution in [0.15, 0.2) is 83.0 Å². The van der Waals surface area contributed by atoms with Gasteiger partial charge in [-0.3, -0.25) is 9.59 Å². The molecule has 0 aliphatic carbocycles. The minimum Gasteiger partial charge on any atom is -0.493 e. The van der Waals surface area contributed by atoms with Crippen LogP contribution in [-0.2, 0) is 0 Å². The Morgan fingerprint density at radius 1 is 0.632 bits per heavy atom. The summed E-state index contributed by atoms with van der Waals surface area (Å²) in [5.41, 5.74) is 7.60. The Labute approximate surface area is 223 Å². The monoisotopic (exact) mass is 514 g/mol. The van der Waals surface area contributed by atoms with Crippen LogP contribution in [0, 0.1) is 11.8 Å². The van der Waals surface area contributed by atoms with Crippen molar-refractivity contribution in [1.82, 2.24) is 10.9 Å². The number of hydrazone groups is 2. The van der Waals surface area contributed by atoms with E-state index < -0.39 is 0 Å². The van der Waals surface area contributed by atoms with Gasteiger partial charge in [0.1, 0.15) is 11.5 Å². The summed E-state index contributed by atoms with van der Waals surface area (Å²) in [5, 5.41) is 8.04. The molecule has 38 heavy (non-hydrogen) atoms. The number of ether oxygens (including phenoxy) is 2. The van der Waals surface area contributed by atoms with Crippen LogP contribution in [-0.4, -0.2) is 37.5 Å². The van der Waals surface area contributed by atoms with Gasteiger partial charge in [-0.25, -0.2) is 10.9 Å². The molecule has 0 aliphatic heterocycles. The molecular formula is C30H34N4O4. The molecule has 2 N–H and O–H groups in total. The van der Waals surface area contributed by atoms with Gasteiger partial charge in [-0.05, 0) is 71.5 Å². The Balaban J connectivity index is 1.44. The smallest absolute Gasteiger partial charge is 0.271 e. The molecule has 198 valence electrons. The van der Waals surface area contributed by atoms with Gasteiger partial charge < -0.3 is 9.47 Å². The van der Waals surface area contributed by atoms with Crippen LogP contribution in [0.1, 0.15) is 59.5 Å². The molecule has 0 atom stereocenters. The number of carbonyl (C=O) groups excluding carboxylic acids is 2. The lowest BCUT2D eigenvalue weighted by molar-refractivity contribution is 0.0947. The first-order chi connectivity index (χ1) is 18.3. The molecule has 0 bridgehead atoms. The highest BCUT2D eigenvalue weighted by Gasteiger charge is 2.06. The fourth-order valence-corrected chi connectivity index (χ4v) is 3.06. The second kappa shape index (κ2) is 14.3. The molecule has 0 spiro atoms. The molecule has 3 aromatic carbocycles. The Morgan fingerprint density at radius 3 is 1.29 bits per heavy atom. The predicted octanol–water partition coefficient (Wildman–Crippen LogP) is 5.28. The number of hydrogen-bond donors (Lipinski definition) is 2. The second-order valence-corrected chi connectivity index (χ2v) is 9.52. The van der Waals surface area contributed by atoms with E-state index in [2.05, 4.69) is 48.7 Å². The zero-order valence-electron chi connectivity index (χ0n) is 22.2. The normalized spacial score (nSPS) is 11.3. The van der Waals surface area contributed by atoms with Crippen molar-refractivity contribution < 1.29 is 19.1 Å². The average molecular weight is 515 g/mol. The summed E-state index contributed by atoms with van der Waals surface area (Å²) >= 11 is 0. The highest BCUT2D eigenvalue weighted by atomic mass is 16.5. The second-order valence-electron chi connectivity index (χ2n) is 9.52. The van der Waals surface area contributed by atoms with Crippen LogP contribution < -0.4 is 20.3 Å². The summed E-state index contributed by atoms with van der Waals surface area (Å²) in [7, 11) is 0. The van der Waals surface area contributed by atoms with Crippen LogP contribution in [0.2, 0.25) is 0 Å². The Bertz CT molecular complexity index is 1130. The Hall–Kier alpha value is -4.46. The van der Waals surface area contributed by atoms with Crippen LogP contribution in [0.25, 0.3) is 0 Å². The summed E-state index contributed by atoms with van der Waals surface area (Å²) < 4.78 is 11.3. The van der Waals surface area contributed by atoms with E-state index in [0.717, 1.165) is 22.6 Å². The van der Waals surface area contributed by atoms with Crippen molar-refractivity contribution in [3.05, 3.63) is 95.1 Å². The highest BCUT2D eigenvalue weighted by Crippen LogP contribution is 2.14. The first-order valence-electron chi connectivity index (χ1n) is 12.5. The summed E-state index contributed by atoms with van der Waals surface area (Å²) in [4.78, 5) is 24.6. The van der Waals surface area contributed by atoms with Crippen molar-refractivity contribution in [2.45, 2.75) is 27.7 Å². The van der Waals surface area contributed by atoms with Crippen molar-refractivity contribution >= 4 is 24.2 Å². The van der Waals surface area contributed by atoms with Gasteiger partial charge in [-0.15, -0.1) is 0 Å². The third-order valence-electron chi connectivity index (χ3n) is 5.10. The summed E-state index contributed by atoms with van der Waals surface area (Å²) in [6, 6.07) is 21.2. The molecule has 0 unspecified atom stereocenters. The van der Waals surface area contributed by atoms with E-state index in [-0.39, 0.29) is 11.8 Å². The lowest BCUT2D eigenvalue weighted by Crippen LogP contribution is -2.17. The van der Waals surface area contributed by atoms with Crippen LogP contribution in [0.5, 0.6) is 11.5 Å². The molecule has 8 heteroatoms. The van der Waals surface area contributed by atoms with E-state index in [1.54, 1.807) is 61.0 Å². The van der Waals surface area contributed by atoms with Crippen molar-refractivity contribution in [3.8, 4) is 11.5 Å². The molecule has 0 heterocycles. The third-order valence-corrected chi connectivity index (χ3v) is 5.10. The Morgan fingerprint density at radius 2 is 0.974 bits per heavy atom. The zero-order chi connectivity index (χ0) is 27.3. The number of nitrogens with one attached hydrogen (secondary N) is 2. The lowest BCUT2D eigenvalue weighted by atomic mass is 10.2. The number of rotatable bonds is 12. The molecule has 0 aromatic heterocycles. The highest BCUT2D eigenvalue weighted by molar-refractivity contribution is 5.96. The van der Waals surface area contributed by atoms with Crippen molar-refractivity contribution in [1.29, 1.82) is 0 Å². The lowest BCUT2D eigenvalue weighted by Gasteiger charge is -2.08. The largest absolute Gasteiger partial charge is 0.493 e. The molecule has 0 radical (unpaired) electrons. The van der Waals surface area contributed by atoms with Crippen LogP contribution in [0.3, 0.4) is 0 Å². The number of benzene rings is 3. The van der Waals surface area contributed by atoms with Gasteiger partial charge in [0.2, 0.25) is 0 Å². The number of amides is 2. The van der Waals surface area contributed by atoms with Gasteiger partial charge in [0, 0.05) is 11.1 Å². The van der Waals surface area contributed by atoms with Crippen molar-refractivity contribution in [2.75, 3.05) is 13.2 Å². The SMILES string of the molecule is CC(C)COc1ccc(C(=O)NN=Cc2ccc(C=NNC(=O)c3ccc(OCC(C)C)cc3)cc2)cc1. The fourth-order valence-electron chi connectivity index (χ4n) is 3.06. The summed E-state index contributed by atoms with van der Waals surface area (Å²) in [5.74, 6) is 1.69. The van der Waals surface area contributed by atoms with E-state index in [1.807, 2.05) is 24.3 Å². The minimum atomic E-state index is -0.311. The van der Waals surface area contributed by atoms with E-state index in [0.29, 0.717) is 36.2 Å². The van der Waals surface area contributed by atoms with Gasteiger partial charge in [0.05, 0.1) is 25.6 Å². The van der Waals surface area contributed by atoms with E-state index in [9.17, 15) is 9.59 Å². The average Bonchev–Trinajstić information content (AvgIpc) is 2.92. The van der Waals surface area contributed by atoms with Gasteiger partial charge in [-0.1, -0.05) is 52.0 Å². The van der Waals surface area contributed by atoms with Gasteiger partial charge in [-0.2, -0.15) is 10.2 Å². The first kappa shape index (κ1) is 28.1. The van der Waals surface area contributed by atoms with Crippen LogP contribution >= 0.6 is 0 Å². The minimum absolute atomic E-state index is 0.311. The van der Waals surface area contributed by atoms with Crippen molar-refractivity contribution in [3.63, 3.8) is 0 Å². The predicted molar refractivity (Wildman–Crippen MR) is 150 cm³/mol. The Kier molecular flexibility index (Phi) is 10.6. The molecule has 0 saturated carbocycles.